The van der Waals surface area contributed by atoms with Gasteiger partial charge >= 0.3 is 0 Å². The molecule has 2 unspecified atom stereocenters. The number of thioether (sulfide) groups is 8. The largest absolute Gasteiger partial charge is 0.487 e. The van der Waals surface area contributed by atoms with E-state index in [4.69, 9.17) is 28.4 Å². The van der Waals surface area contributed by atoms with Crippen LogP contribution in [0.5, 0.6) is 23.0 Å². The Kier molecular flexibility index (Phi) is 15.7. The average Bonchev–Trinajstić information content (AvgIpc) is 3.18. The molecule has 7 rings (SSSR count). The highest BCUT2D eigenvalue weighted by Crippen LogP contribution is 2.52. The Morgan fingerprint density at radius 1 is 0.462 bits per heavy atom. The van der Waals surface area contributed by atoms with Crippen LogP contribution in [0.25, 0.3) is 0 Å². The zero-order chi connectivity index (χ0) is 35.6. The van der Waals surface area contributed by atoms with Crippen LogP contribution in [0.1, 0.15) is 23.3 Å². The minimum absolute atomic E-state index is 0.0869. The Balaban J connectivity index is 0.922. The maximum Gasteiger partial charge on any atom is 0.161 e. The summed E-state index contributed by atoms with van der Waals surface area (Å²) in [6.45, 7) is 2.83. The number of benzene rings is 2. The second kappa shape index (κ2) is 20.1. The third-order valence-electron chi connectivity index (χ3n) is 9.26. The summed E-state index contributed by atoms with van der Waals surface area (Å²) in [5, 5.41) is 25.2. The molecule has 0 saturated carbocycles. The Morgan fingerprint density at radius 2 is 0.808 bits per heavy atom. The van der Waals surface area contributed by atoms with Crippen molar-refractivity contribution in [1.82, 2.24) is 0 Å². The number of ether oxygens (including phenoxy) is 6. The molecule has 5 heterocycles. The van der Waals surface area contributed by atoms with E-state index in [0.717, 1.165) is 34.1 Å². The van der Waals surface area contributed by atoms with Gasteiger partial charge in [0.2, 0.25) is 0 Å². The van der Waals surface area contributed by atoms with Crippen molar-refractivity contribution < 1.29 is 38.6 Å². The summed E-state index contributed by atoms with van der Waals surface area (Å²) in [7, 11) is 0. The van der Waals surface area contributed by atoms with Crippen molar-refractivity contribution in [3.05, 3.63) is 47.5 Å². The van der Waals surface area contributed by atoms with Crippen molar-refractivity contribution in [2.45, 2.75) is 21.4 Å². The first kappa shape index (κ1) is 40.5. The zero-order valence-corrected chi connectivity index (χ0v) is 35.6. The van der Waals surface area contributed by atoms with Gasteiger partial charge in [0.05, 0.1) is 35.6 Å². The highest BCUT2D eigenvalue weighted by molar-refractivity contribution is 8.19. The van der Waals surface area contributed by atoms with E-state index >= 15 is 0 Å². The van der Waals surface area contributed by atoms with Crippen LogP contribution in [0.15, 0.2) is 36.4 Å². The number of aliphatic hydroxyl groups is 2. The predicted molar refractivity (Wildman–Crippen MR) is 228 cm³/mol. The second-order valence-electron chi connectivity index (χ2n) is 13.5. The Morgan fingerprint density at radius 3 is 1.17 bits per heavy atom. The van der Waals surface area contributed by atoms with E-state index < -0.39 is 12.2 Å². The number of fused-ring (bicyclic) bond motifs is 2. The molecule has 0 aliphatic carbocycles. The van der Waals surface area contributed by atoms with Gasteiger partial charge in [0.25, 0.3) is 0 Å². The molecule has 2 N–H and O–H groups in total. The number of rotatable bonds is 4. The van der Waals surface area contributed by atoms with E-state index in [0.29, 0.717) is 86.7 Å². The van der Waals surface area contributed by atoms with Crippen molar-refractivity contribution >= 4 is 94.1 Å². The fourth-order valence-electron chi connectivity index (χ4n) is 6.39. The molecule has 2 aromatic rings. The van der Waals surface area contributed by atoms with Crippen LogP contribution in [0, 0.1) is 10.8 Å². The highest BCUT2D eigenvalue weighted by atomic mass is 32.2. The SMILES string of the molecule is OC(c1ccc2c(c1)OCCOCCOc1ccc(C(O)C3SCC4(CSCSC4)CS3)cc1OCCOCCO2)C1SCC2(CSCSC2)CS1. The number of hydrogen-bond acceptors (Lipinski definition) is 16. The Labute approximate surface area is 341 Å². The molecule has 0 aromatic heterocycles. The van der Waals surface area contributed by atoms with E-state index in [2.05, 4.69) is 0 Å². The molecule has 2 spiro atoms. The molecule has 0 amide bonds. The molecular formula is C36H48O8S8. The molecule has 2 aromatic carbocycles. The zero-order valence-electron chi connectivity index (χ0n) is 29.1. The van der Waals surface area contributed by atoms with Gasteiger partial charge in [-0.15, -0.1) is 47.0 Å². The lowest BCUT2D eigenvalue weighted by molar-refractivity contribution is 0.0638. The Bertz CT molecular complexity index is 1300. The molecular weight excluding hydrogens is 817 g/mol. The molecule has 52 heavy (non-hydrogen) atoms. The molecule has 5 aliphatic rings. The van der Waals surface area contributed by atoms with Crippen LogP contribution in [0.2, 0.25) is 0 Å². The molecule has 4 saturated heterocycles. The van der Waals surface area contributed by atoms with Gasteiger partial charge in [-0.2, -0.15) is 47.0 Å². The number of aliphatic hydroxyl groups excluding tert-OH is 2. The van der Waals surface area contributed by atoms with Crippen molar-refractivity contribution in [2.75, 3.05) is 109 Å². The summed E-state index contributed by atoms with van der Waals surface area (Å²) in [6.07, 6.45) is -1.20. The maximum absolute atomic E-state index is 11.4. The van der Waals surface area contributed by atoms with Gasteiger partial charge < -0.3 is 38.6 Å². The van der Waals surface area contributed by atoms with Crippen LogP contribution < -0.4 is 18.9 Å². The van der Waals surface area contributed by atoms with Crippen LogP contribution in [0.4, 0.5) is 0 Å². The lowest BCUT2D eigenvalue weighted by Crippen LogP contribution is -2.39. The maximum atomic E-state index is 11.4. The second-order valence-corrected chi connectivity index (χ2v) is 23.3. The Hall–Kier alpha value is 0.280. The summed E-state index contributed by atoms with van der Waals surface area (Å²) in [5.74, 6) is 11.6. The molecule has 0 radical (unpaired) electrons. The third-order valence-corrected chi connectivity index (χ3v) is 22.3. The summed E-state index contributed by atoms with van der Waals surface area (Å²) in [6, 6.07) is 11.5. The highest BCUT2D eigenvalue weighted by Gasteiger charge is 2.41. The van der Waals surface area contributed by atoms with E-state index in [1.165, 1.54) is 33.2 Å². The van der Waals surface area contributed by atoms with Crippen molar-refractivity contribution in [3.63, 3.8) is 0 Å². The van der Waals surface area contributed by atoms with Gasteiger partial charge in [-0.3, -0.25) is 0 Å². The van der Waals surface area contributed by atoms with Gasteiger partial charge in [0.1, 0.15) is 38.6 Å². The fraction of sp³-hybridized carbons (Fsp3) is 0.667. The topological polar surface area (TPSA) is 95.8 Å². The first-order valence-electron chi connectivity index (χ1n) is 17.6. The molecule has 8 nitrogen and oxygen atoms in total. The lowest BCUT2D eigenvalue weighted by atomic mass is 9.99. The van der Waals surface area contributed by atoms with Crippen molar-refractivity contribution in [2.24, 2.45) is 10.8 Å². The number of hydrogen-bond donors (Lipinski definition) is 2. The monoisotopic (exact) mass is 864 g/mol. The van der Waals surface area contributed by atoms with Crippen LogP contribution >= 0.6 is 94.1 Å². The van der Waals surface area contributed by atoms with Crippen LogP contribution in [-0.2, 0) is 9.47 Å². The van der Waals surface area contributed by atoms with Gasteiger partial charge in [0, 0.05) is 67.0 Å². The minimum Gasteiger partial charge on any atom is -0.487 e. The van der Waals surface area contributed by atoms with Crippen LogP contribution in [-0.4, -0.2) is 128 Å². The molecule has 0 bridgehead atoms. The lowest BCUT2D eigenvalue weighted by Gasteiger charge is -2.42. The quantitative estimate of drug-likeness (QED) is 0.318. The summed E-state index contributed by atoms with van der Waals surface area (Å²) in [5.41, 5.74) is 2.42. The summed E-state index contributed by atoms with van der Waals surface area (Å²) in [4.78, 5) is 0. The molecule has 2 atom stereocenters. The average molecular weight is 865 g/mol. The van der Waals surface area contributed by atoms with E-state index in [1.807, 2.05) is 130 Å². The third kappa shape index (κ3) is 10.8. The molecule has 5 aliphatic heterocycles. The van der Waals surface area contributed by atoms with Crippen molar-refractivity contribution in [1.29, 1.82) is 0 Å². The first-order chi connectivity index (χ1) is 25.5. The van der Waals surface area contributed by atoms with E-state index in [-0.39, 0.29) is 9.16 Å². The fourth-order valence-corrected chi connectivity index (χ4v) is 19.4. The smallest absolute Gasteiger partial charge is 0.161 e. The molecule has 288 valence electrons. The summed E-state index contributed by atoms with van der Waals surface area (Å²) < 4.78 is 36.4. The van der Waals surface area contributed by atoms with Crippen LogP contribution in [0.3, 0.4) is 0 Å². The standard InChI is InChI=1S/C36H48O8S8/c37-31(33-49-19-35(20-50-33)15-45-23-46-16-35)25-1-3-27-29(13-25)43-11-7-40-6-10-42-28-4-2-26(14-30(28)44-12-8-39-5-9-41-27)32(38)34-51-21-36(22-52-34)17-47-24-48-18-36/h1-4,13-14,31-34,37-38H,5-12,15-24H2. The van der Waals surface area contributed by atoms with E-state index in [1.54, 1.807) is 0 Å². The van der Waals surface area contributed by atoms with Gasteiger partial charge in [0.15, 0.2) is 23.0 Å². The van der Waals surface area contributed by atoms with E-state index in [9.17, 15) is 10.2 Å². The first-order valence-corrected chi connectivity index (χ1v) is 26.4. The normalized spacial score (nSPS) is 26.2. The van der Waals surface area contributed by atoms with Gasteiger partial charge in [-0.05, 0) is 35.4 Å². The van der Waals surface area contributed by atoms with Crippen molar-refractivity contribution in [3.8, 4) is 23.0 Å². The molecule has 4 fully saturated rings. The van der Waals surface area contributed by atoms with Gasteiger partial charge in [-0.1, -0.05) is 12.1 Å². The predicted octanol–water partition coefficient (Wildman–Crippen LogP) is 7.48. The minimum atomic E-state index is -0.602. The molecule has 16 heteroatoms. The van der Waals surface area contributed by atoms with Gasteiger partial charge in [-0.25, -0.2) is 0 Å². The summed E-state index contributed by atoms with van der Waals surface area (Å²) >= 11 is 15.7.